The standard InChI is InChI=1S/C15H29N3O4S/c1-23(20,21)18-9-4-2-6-14(18)15(19)16-7-3-5-8-17-10-12-22-13-11-17/h14H,2-13H2,1H3,(H,16,19). The summed E-state index contributed by atoms with van der Waals surface area (Å²) in [6, 6.07) is -0.530. The first-order chi connectivity index (χ1) is 11.0. The third-order valence-corrected chi connectivity index (χ3v) is 5.78. The molecule has 0 aromatic carbocycles. The molecule has 1 atom stereocenters. The van der Waals surface area contributed by atoms with Gasteiger partial charge in [0.2, 0.25) is 15.9 Å². The Balaban J connectivity index is 1.67. The Hall–Kier alpha value is -0.700. The van der Waals surface area contributed by atoms with E-state index in [0.29, 0.717) is 19.5 Å². The Bertz CT molecular complexity index is 477. The molecule has 0 radical (unpaired) electrons. The molecule has 2 aliphatic rings. The van der Waals surface area contributed by atoms with Gasteiger partial charge in [0.05, 0.1) is 19.5 Å². The third kappa shape index (κ3) is 6.02. The second-order valence-electron chi connectivity index (χ2n) is 6.34. The summed E-state index contributed by atoms with van der Waals surface area (Å²) in [6.45, 7) is 5.67. The number of ether oxygens (including phenoxy) is 1. The highest BCUT2D eigenvalue weighted by molar-refractivity contribution is 7.88. The van der Waals surface area contributed by atoms with E-state index in [4.69, 9.17) is 4.74 Å². The number of unbranched alkanes of at least 4 members (excludes halogenated alkanes) is 1. The molecular formula is C15H29N3O4S. The smallest absolute Gasteiger partial charge is 0.238 e. The number of hydrogen-bond donors (Lipinski definition) is 1. The summed E-state index contributed by atoms with van der Waals surface area (Å²) in [5.41, 5.74) is 0. The summed E-state index contributed by atoms with van der Waals surface area (Å²) in [6.07, 6.45) is 5.47. The van der Waals surface area contributed by atoms with Crippen molar-refractivity contribution in [1.29, 1.82) is 0 Å². The molecule has 2 saturated heterocycles. The first-order valence-corrected chi connectivity index (χ1v) is 10.4. The fourth-order valence-corrected chi connectivity index (χ4v) is 4.30. The molecule has 1 N–H and O–H groups in total. The molecule has 0 saturated carbocycles. The molecule has 2 fully saturated rings. The van der Waals surface area contributed by atoms with Gasteiger partial charge in [0.1, 0.15) is 6.04 Å². The van der Waals surface area contributed by atoms with E-state index in [9.17, 15) is 13.2 Å². The third-order valence-electron chi connectivity index (χ3n) is 4.49. The van der Waals surface area contributed by atoms with Crippen LogP contribution in [0.25, 0.3) is 0 Å². The van der Waals surface area contributed by atoms with Crippen LogP contribution in [0.1, 0.15) is 32.1 Å². The zero-order chi connectivity index (χ0) is 16.7. The lowest BCUT2D eigenvalue weighted by Gasteiger charge is -2.32. The van der Waals surface area contributed by atoms with Crippen molar-refractivity contribution in [3.05, 3.63) is 0 Å². The number of morpholine rings is 1. The summed E-state index contributed by atoms with van der Waals surface area (Å²) in [5.74, 6) is -0.151. The van der Waals surface area contributed by atoms with Crippen molar-refractivity contribution in [3.63, 3.8) is 0 Å². The number of carbonyl (C=O) groups excluding carboxylic acids is 1. The van der Waals surface area contributed by atoms with E-state index in [2.05, 4.69) is 10.2 Å². The van der Waals surface area contributed by atoms with E-state index in [1.807, 2.05) is 0 Å². The average Bonchev–Trinajstić information content (AvgIpc) is 2.54. The number of piperidine rings is 1. The van der Waals surface area contributed by atoms with Gasteiger partial charge in [-0.1, -0.05) is 6.42 Å². The number of nitrogens with zero attached hydrogens (tertiary/aromatic N) is 2. The predicted octanol–water partition coefficient (Wildman–Crippen LogP) is 0.0291. The van der Waals surface area contributed by atoms with Gasteiger partial charge in [-0.2, -0.15) is 4.31 Å². The molecule has 7 nitrogen and oxygen atoms in total. The van der Waals surface area contributed by atoms with Crippen LogP contribution in [0.2, 0.25) is 0 Å². The quantitative estimate of drug-likeness (QED) is 0.657. The highest BCUT2D eigenvalue weighted by atomic mass is 32.2. The SMILES string of the molecule is CS(=O)(=O)N1CCCCC1C(=O)NCCCCN1CCOCC1. The largest absolute Gasteiger partial charge is 0.379 e. The van der Waals surface area contributed by atoms with Gasteiger partial charge in [-0.3, -0.25) is 9.69 Å². The number of amides is 1. The Kier molecular flexibility index (Phi) is 7.26. The molecule has 2 rings (SSSR count). The molecule has 2 heterocycles. The fraction of sp³-hybridized carbons (Fsp3) is 0.933. The molecule has 0 aromatic heterocycles. The van der Waals surface area contributed by atoms with E-state index in [1.54, 1.807) is 0 Å². The summed E-state index contributed by atoms with van der Waals surface area (Å²) in [4.78, 5) is 14.6. The summed E-state index contributed by atoms with van der Waals surface area (Å²) < 4.78 is 30.2. The Morgan fingerprint density at radius 3 is 2.61 bits per heavy atom. The molecule has 0 bridgehead atoms. The van der Waals surface area contributed by atoms with E-state index < -0.39 is 16.1 Å². The molecule has 1 amide bonds. The summed E-state index contributed by atoms with van der Waals surface area (Å²) in [7, 11) is -3.32. The van der Waals surface area contributed by atoms with Gasteiger partial charge in [0, 0.05) is 26.2 Å². The molecule has 23 heavy (non-hydrogen) atoms. The average molecular weight is 347 g/mol. The molecule has 8 heteroatoms. The van der Waals surface area contributed by atoms with Crippen LogP contribution < -0.4 is 5.32 Å². The van der Waals surface area contributed by atoms with E-state index in [-0.39, 0.29) is 5.91 Å². The van der Waals surface area contributed by atoms with Crippen LogP contribution in [-0.4, -0.2) is 81.8 Å². The molecule has 1 unspecified atom stereocenters. The fourth-order valence-electron chi connectivity index (χ4n) is 3.18. The number of hydrogen-bond acceptors (Lipinski definition) is 5. The van der Waals surface area contributed by atoms with Gasteiger partial charge in [-0.05, 0) is 32.2 Å². The molecule has 0 aliphatic carbocycles. The highest BCUT2D eigenvalue weighted by Gasteiger charge is 2.34. The highest BCUT2D eigenvalue weighted by Crippen LogP contribution is 2.19. The van der Waals surface area contributed by atoms with Gasteiger partial charge in [0.25, 0.3) is 0 Å². The van der Waals surface area contributed by atoms with E-state index >= 15 is 0 Å². The van der Waals surface area contributed by atoms with Crippen LogP contribution in [-0.2, 0) is 19.6 Å². The zero-order valence-electron chi connectivity index (χ0n) is 14.0. The summed E-state index contributed by atoms with van der Waals surface area (Å²) in [5, 5.41) is 2.90. The van der Waals surface area contributed by atoms with E-state index in [1.165, 1.54) is 10.6 Å². The zero-order valence-corrected chi connectivity index (χ0v) is 14.8. The van der Waals surface area contributed by atoms with E-state index in [0.717, 1.165) is 58.5 Å². The van der Waals surface area contributed by atoms with Gasteiger partial charge >= 0.3 is 0 Å². The van der Waals surface area contributed by atoms with Gasteiger partial charge < -0.3 is 10.1 Å². The second kappa shape index (κ2) is 8.96. The van der Waals surface area contributed by atoms with Crippen molar-refractivity contribution in [3.8, 4) is 0 Å². The van der Waals surface area contributed by atoms with Crippen molar-refractivity contribution < 1.29 is 17.9 Å². The van der Waals surface area contributed by atoms with Crippen LogP contribution >= 0.6 is 0 Å². The second-order valence-corrected chi connectivity index (χ2v) is 8.27. The number of nitrogens with one attached hydrogen (secondary N) is 1. The maximum Gasteiger partial charge on any atom is 0.238 e. The topological polar surface area (TPSA) is 79.0 Å². The van der Waals surface area contributed by atoms with Crippen molar-refractivity contribution in [2.24, 2.45) is 0 Å². The molecular weight excluding hydrogens is 318 g/mol. The normalized spacial score (nSPS) is 24.5. The molecule has 2 aliphatic heterocycles. The lowest BCUT2D eigenvalue weighted by molar-refractivity contribution is -0.125. The minimum absolute atomic E-state index is 0.151. The number of rotatable bonds is 7. The Morgan fingerprint density at radius 1 is 1.17 bits per heavy atom. The van der Waals surface area contributed by atoms with Gasteiger partial charge in [-0.15, -0.1) is 0 Å². The number of sulfonamides is 1. The van der Waals surface area contributed by atoms with Crippen LogP contribution in [0, 0.1) is 0 Å². The summed E-state index contributed by atoms with van der Waals surface area (Å²) >= 11 is 0. The van der Waals surface area contributed by atoms with Gasteiger partial charge in [-0.25, -0.2) is 8.42 Å². The molecule has 0 spiro atoms. The lowest BCUT2D eigenvalue weighted by Crippen LogP contribution is -2.51. The van der Waals surface area contributed by atoms with Crippen LogP contribution in [0.15, 0.2) is 0 Å². The lowest BCUT2D eigenvalue weighted by atomic mass is 10.0. The number of carbonyl (C=O) groups is 1. The van der Waals surface area contributed by atoms with Crippen LogP contribution in [0.4, 0.5) is 0 Å². The predicted molar refractivity (Wildman–Crippen MR) is 88.7 cm³/mol. The van der Waals surface area contributed by atoms with Crippen molar-refractivity contribution >= 4 is 15.9 Å². The van der Waals surface area contributed by atoms with Crippen molar-refractivity contribution in [2.45, 2.75) is 38.1 Å². The van der Waals surface area contributed by atoms with Crippen molar-refractivity contribution in [2.75, 3.05) is 52.2 Å². The Labute approximate surface area is 139 Å². The van der Waals surface area contributed by atoms with Crippen LogP contribution in [0.5, 0.6) is 0 Å². The maximum absolute atomic E-state index is 12.3. The minimum atomic E-state index is -3.32. The van der Waals surface area contributed by atoms with Crippen LogP contribution in [0.3, 0.4) is 0 Å². The Morgan fingerprint density at radius 2 is 1.91 bits per heavy atom. The maximum atomic E-state index is 12.3. The monoisotopic (exact) mass is 347 g/mol. The van der Waals surface area contributed by atoms with Gasteiger partial charge in [0.15, 0.2) is 0 Å². The molecule has 134 valence electrons. The minimum Gasteiger partial charge on any atom is -0.379 e. The first-order valence-electron chi connectivity index (χ1n) is 8.53. The van der Waals surface area contributed by atoms with Crippen molar-refractivity contribution in [1.82, 2.24) is 14.5 Å². The first kappa shape index (κ1) is 18.6. The molecule has 0 aromatic rings.